The summed E-state index contributed by atoms with van der Waals surface area (Å²) in [7, 11) is 0. The summed E-state index contributed by atoms with van der Waals surface area (Å²) in [6.07, 6.45) is 6.23. The van der Waals surface area contributed by atoms with Gasteiger partial charge in [-0.05, 0) is 60.4 Å². The molecular formula is C12H14O2S. The van der Waals surface area contributed by atoms with Gasteiger partial charge in [0.25, 0.3) is 0 Å². The van der Waals surface area contributed by atoms with Gasteiger partial charge in [0.2, 0.25) is 0 Å². The van der Waals surface area contributed by atoms with Crippen LogP contribution in [0.5, 0.6) is 0 Å². The number of rotatable bonds is 2. The average molecular weight is 222 g/mol. The Labute approximate surface area is 92.9 Å². The van der Waals surface area contributed by atoms with Crippen molar-refractivity contribution >= 4 is 17.3 Å². The molecule has 0 radical (unpaired) electrons. The normalized spacial score (nSPS) is 33.5. The van der Waals surface area contributed by atoms with E-state index in [4.69, 9.17) is 5.11 Å². The summed E-state index contributed by atoms with van der Waals surface area (Å²) >= 11 is 1.38. The summed E-state index contributed by atoms with van der Waals surface area (Å²) in [5.74, 6) is 0.122. The fourth-order valence-corrected chi connectivity index (χ4v) is 4.32. The van der Waals surface area contributed by atoms with E-state index in [1.807, 2.05) is 11.4 Å². The molecule has 2 fully saturated rings. The van der Waals surface area contributed by atoms with E-state index >= 15 is 0 Å². The van der Waals surface area contributed by atoms with Crippen LogP contribution in [0.3, 0.4) is 0 Å². The molecule has 0 unspecified atom stereocenters. The lowest BCUT2D eigenvalue weighted by atomic mass is 9.78. The van der Waals surface area contributed by atoms with Crippen LogP contribution in [0.15, 0.2) is 11.4 Å². The van der Waals surface area contributed by atoms with Crippen molar-refractivity contribution in [2.24, 2.45) is 5.92 Å². The highest BCUT2D eigenvalue weighted by molar-refractivity contribution is 7.12. The van der Waals surface area contributed by atoms with Crippen molar-refractivity contribution in [3.05, 3.63) is 21.9 Å². The molecule has 80 valence electrons. The van der Waals surface area contributed by atoms with E-state index in [2.05, 4.69) is 0 Å². The Kier molecular flexibility index (Phi) is 1.93. The summed E-state index contributed by atoms with van der Waals surface area (Å²) in [6.45, 7) is 0. The molecule has 2 aliphatic carbocycles. The molecule has 1 aromatic rings. The number of fused-ring (bicyclic) bond motifs is 2. The molecule has 3 heteroatoms. The lowest BCUT2D eigenvalue weighted by Crippen LogP contribution is -2.21. The van der Waals surface area contributed by atoms with Gasteiger partial charge in [-0.2, -0.15) is 0 Å². The molecule has 0 aromatic carbocycles. The van der Waals surface area contributed by atoms with Crippen LogP contribution in [0, 0.1) is 5.92 Å². The summed E-state index contributed by atoms with van der Waals surface area (Å²) in [5.41, 5.74) is 1.36. The Bertz CT molecular complexity index is 400. The van der Waals surface area contributed by atoms with Crippen LogP contribution in [-0.4, -0.2) is 11.1 Å². The van der Waals surface area contributed by atoms with Gasteiger partial charge >= 0.3 is 5.97 Å². The zero-order valence-corrected chi connectivity index (χ0v) is 9.35. The molecule has 0 atom stereocenters. The van der Waals surface area contributed by atoms with Gasteiger partial charge in [-0.25, -0.2) is 4.79 Å². The lowest BCUT2D eigenvalue weighted by molar-refractivity contribution is 0.0699. The fourth-order valence-electron chi connectivity index (χ4n) is 3.46. The minimum Gasteiger partial charge on any atom is -0.477 e. The van der Waals surface area contributed by atoms with Crippen LogP contribution >= 0.6 is 11.3 Å². The molecule has 1 aromatic heterocycles. The highest BCUT2D eigenvalue weighted by Crippen LogP contribution is 2.56. The maximum absolute atomic E-state index is 11.1. The second-order valence-electron chi connectivity index (χ2n) is 4.90. The van der Waals surface area contributed by atoms with Gasteiger partial charge in [-0.15, -0.1) is 11.3 Å². The first kappa shape index (κ1) is 9.40. The Balaban J connectivity index is 2.05. The summed E-state index contributed by atoms with van der Waals surface area (Å²) in [5, 5.41) is 11.1. The number of hydrogen-bond acceptors (Lipinski definition) is 2. The topological polar surface area (TPSA) is 37.3 Å². The van der Waals surface area contributed by atoms with Gasteiger partial charge in [-0.1, -0.05) is 0 Å². The molecule has 2 nitrogen and oxygen atoms in total. The molecule has 2 bridgehead atoms. The second kappa shape index (κ2) is 3.08. The molecule has 15 heavy (non-hydrogen) atoms. The van der Waals surface area contributed by atoms with E-state index in [1.165, 1.54) is 43.4 Å². The van der Waals surface area contributed by atoms with Gasteiger partial charge in [0.1, 0.15) is 4.88 Å². The Hall–Kier alpha value is -0.830. The van der Waals surface area contributed by atoms with E-state index in [0.717, 1.165) is 11.5 Å². The van der Waals surface area contributed by atoms with Crippen LogP contribution in [-0.2, 0) is 5.41 Å². The molecule has 2 aliphatic rings. The van der Waals surface area contributed by atoms with Gasteiger partial charge < -0.3 is 5.11 Å². The maximum Gasteiger partial charge on any atom is 0.346 e. The van der Waals surface area contributed by atoms with Gasteiger partial charge in [-0.3, -0.25) is 0 Å². The maximum atomic E-state index is 11.1. The van der Waals surface area contributed by atoms with Crippen LogP contribution in [0.2, 0.25) is 0 Å². The number of aromatic carboxylic acids is 1. The highest BCUT2D eigenvalue weighted by Gasteiger charge is 2.47. The third kappa shape index (κ3) is 1.26. The van der Waals surface area contributed by atoms with Gasteiger partial charge in [0.15, 0.2) is 0 Å². The van der Waals surface area contributed by atoms with E-state index in [-0.39, 0.29) is 5.41 Å². The third-order valence-electron chi connectivity index (χ3n) is 4.17. The average Bonchev–Trinajstić information content (AvgIpc) is 2.93. The minimum absolute atomic E-state index is 0.235. The summed E-state index contributed by atoms with van der Waals surface area (Å²) in [6, 6.07) is 2.04. The van der Waals surface area contributed by atoms with Crippen LogP contribution in [0.25, 0.3) is 0 Å². The largest absolute Gasteiger partial charge is 0.477 e. The predicted octanol–water partition coefficient (Wildman–Crippen LogP) is 3.28. The molecule has 3 rings (SSSR count). The van der Waals surface area contributed by atoms with Gasteiger partial charge in [0.05, 0.1) is 0 Å². The zero-order valence-electron chi connectivity index (χ0n) is 8.53. The number of hydrogen-bond donors (Lipinski definition) is 1. The Morgan fingerprint density at radius 3 is 2.73 bits per heavy atom. The molecule has 0 saturated heterocycles. The summed E-state index contributed by atoms with van der Waals surface area (Å²) in [4.78, 5) is 11.7. The number of carboxylic acids is 1. The van der Waals surface area contributed by atoms with Crippen molar-refractivity contribution in [2.75, 3.05) is 0 Å². The van der Waals surface area contributed by atoms with Crippen molar-refractivity contribution < 1.29 is 9.90 Å². The van der Waals surface area contributed by atoms with E-state index < -0.39 is 5.97 Å². The molecule has 2 saturated carbocycles. The zero-order chi connectivity index (χ0) is 10.5. The lowest BCUT2D eigenvalue weighted by Gasteiger charge is -2.26. The van der Waals surface area contributed by atoms with Crippen LogP contribution < -0.4 is 0 Å². The standard InChI is InChI=1S/C12H14O2S/c13-11(14)10-9(3-6-15-10)12-4-1-8(7-12)2-5-12/h3,6,8H,1-2,4-5,7H2,(H,13,14). The second-order valence-corrected chi connectivity index (χ2v) is 5.81. The molecular weight excluding hydrogens is 208 g/mol. The van der Waals surface area contributed by atoms with Crippen molar-refractivity contribution in [2.45, 2.75) is 37.5 Å². The Morgan fingerprint density at radius 2 is 2.20 bits per heavy atom. The van der Waals surface area contributed by atoms with Crippen molar-refractivity contribution in [1.82, 2.24) is 0 Å². The molecule has 1 heterocycles. The van der Waals surface area contributed by atoms with Crippen molar-refractivity contribution in [3.8, 4) is 0 Å². The fraction of sp³-hybridized carbons (Fsp3) is 0.583. The molecule has 0 aliphatic heterocycles. The van der Waals surface area contributed by atoms with E-state index in [0.29, 0.717) is 4.88 Å². The van der Waals surface area contributed by atoms with Crippen LogP contribution in [0.4, 0.5) is 0 Å². The SMILES string of the molecule is O=C(O)c1sccc1C12CCC(CC1)C2. The highest BCUT2D eigenvalue weighted by atomic mass is 32.1. The first-order chi connectivity index (χ1) is 7.21. The Morgan fingerprint density at radius 1 is 1.47 bits per heavy atom. The predicted molar refractivity (Wildman–Crippen MR) is 59.5 cm³/mol. The van der Waals surface area contributed by atoms with Crippen LogP contribution in [0.1, 0.15) is 47.3 Å². The van der Waals surface area contributed by atoms with Crippen molar-refractivity contribution in [1.29, 1.82) is 0 Å². The van der Waals surface area contributed by atoms with E-state index in [1.54, 1.807) is 0 Å². The molecule has 0 spiro atoms. The third-order valence-corrected chi connectivity index (χ3v) is 5.07. The number of carboxylic acid groups (broad SMARTS) is 1. The first-order valence-electron chi connectivity index (χ1n) is 5.52. The first-order valence-corrected chi connectivity index (χ1v) is 6.40. The van der Waals surface area contributed by atoms with Gasteiger partial charge in [0, 0.05) is 0 Å². The van der Waals surface area contributed by atoms with E-state index in [9.17, 15) is 4.79 Å². The number of thiophene rings is 1. The molecule has 0 amide bonds. The smallest absolute Gasteiger partial charge is 0.346 e. The minimum atomic E-state index is -0.746. The quantitative estimate of drug-likeness (QED) is 0.833. The summed E-state index contributed by atoms with van der Waals surface area (Å²) < 4.78 is 0. The number of carbonyl (C=O) groups is 1. The monoisotopic (exact) mass is 222 g/mol. The molecule has 1 N–H and O–H groups in total. The van der Waals surface area contributed by atoms with Crippen molar-refractivity contribution in [3.63, 3.8) is 0 Å².